The SMILES string of the molecule is CCNc1ccc(C(C)=O)cc1/N=C1/S/C(=C2\Sc3ccc(OCCOC)cc3N2C)C(=O)N1Cc1ccccc1. The molecule has 1 saturated heterocycles. The van der Waals surface area contributed by atoms with Crippen LogP contribution in [0.15, 0.2) is 86.6 Å². The molecule has 1 fully saturated rings. The second-order valence-electron chi connectivity index (χ2n) is 9.46. The lowest BCUT2D eigenvalue weighted by Gasteiger charge is -2.17. The van der Waals surface area contributed by atoms with Crippen LogP contribution in [-0.2, 0) is 16.1 Å². The first-order valence-corrected chi connectivity index (χ1v) is 15.0. The maximum absolute atomic E-state index is 14.0. The first-order chi connectivity index (χ1) is 19.9. The molecular weight excluding hydrogens is 556 g/mol. The maximum atomic E-state index is 14.0. The van der Waals surface area contributed by atoms with Gasteiger partial charge in [-0.3, -0.25) is 14.5 Å². The molecule has 0 unspecified atom stereocenters. The Morgan fingerprint density at radius 3 is 2.56 bits per heavy atom. The van der Waals surface area contributed by atoms with Crippen molar-refractivity contribution in [2.75, 3.05) is 44.1 Å². The standard InChI is InChI=1S/C31H32N4O4S2/c1-5-32-24-13-11-22(20(2)36)17-25(24)33-31-35(19-21-9-7-6-8-10-21)29(37)28(41-31)30-34(3)26-18-23(39-16-15-38-4)12-14-27(26)40-30/h6-14,17-18,32H,5,15-16,19H2,1-4H3/b30-28-,33-31+. The van der Waals surface area contributed by atoms with Crippen molar-refractivity contribution < 1.29 is 19.1 Å². The molecule has 5 rings (SSSR count). The largest absolute Gasteiger partial charge is 0.491 e. The van der Waals surface area contributed by atoms with E-state index >= 15 is 0 Å². The van der Waals surface area contributed by atoms with Crippen molar-refractivity contribution in [2.45, 2.75) is 25.3 Å². The average molecular weight is 589 g/mol. The van der Waals surface area contributed by atoms with Crippen molar-refractivity contribution in [1.82, 2.24) is 4.90 Å². The van der Waals surface area contributed by atoms with Gasteiger partial charge in [-0.15, -0.1) is 0 Å². The number of hydrogen-bond donors (Lipinski definition) is 1. The number of fused-ring (bicyclic) bond motifs is 1. The number of ether oxygens (including phenoxy) is 2. The summed E-state index contributed by atoms with van der Waals surface area (Å²) in [5.74, 6) is 0.601. The summed E-state index contributed by atoms with van der Waals surface area (Å²) in [7, 11) is 3.61. The van der Waals surface area contributed by atoms with Crippen molar-refractivity contribution in [3.8, 4) is 5.75 Å². The van der Waals surface area contributed by atoms with Gasteiger partial charge in [-0.25, -0.2) is 4.99 Å². The third-order valence-corrected chi connectivity index (χ3v) is 9.02. The number of ketones is 1. The van der Waals surface area contributed by atoms with Crippen LogP contribution >= 0.6 is 23.5 Å². The van der Waals surface area contributed by atoms with E-state index in [1.165, 1.54) is 18.7 Å². The molecule has 2 aliphatic heterocycles. The molecule has 1 N–H and O–H groups in total. The lowest BCUT2D eigenvalue weighted by molar-refractivity contribution is -0.122. The fourth-order valence-electron chi connectivity index (χ4n) is 4.47. The lowest BCUT2D eigenvalue weighted by Crippen LogP contribution is -2.29. The number of amides is 1. The van der Waals surface area contributed by atoms with Gasteiger partial charge in [0.05, 0.1) is 35.2 Å². The third-order valence-electron chi connectivity index (χ3n) is 6.59. The highest BCUT2D eigenvalue weighted by molar-refractivity contribution is 8.19. The average Bonchev–Trinajstić information content (AvgIpc) is 3.45. The lowest BCUT2D eigenvalue weighted by atomic mass is 10.1. The van der Waals surface area contributed by atoms with E-state index in [4.69, 9.17) is 14.5 Å². The summed E-state index contributed by atoms with van der Waals surface area (Å²) in [6.07, 6.45) is 0. The number of amidine groups is 1. The molecule has 10 heteroatoms. The molecule has 2 heterocycles. The number of benzene rings is 3. The van der Waals surface area contributed by atoms with E-state index in [1.54, 1.807) is 35.9 Å². The number of hydrogen-bond acceptors (Lipinski definition) is 9. The van der Waals surface area contributed by atoms with Gasteiger partial charge in [-0.05, 0) is 61.5 Å². The minimum atomic E-state index is -0.107. The Balaban J connectivity index is 1.54. The molecule has 0 bridgehead atoms. The fraction of sp³-hybridized carbons (Fsp3) is 0.258. The molecule has 1 amide bonds. The van der Waals surface area contributed by atoms with Gasteiger partial charge in [-0.2, -0.15) is 0 Å². The number of Topliss-reactive ketones (excluding diaryl/α,β-unsaturated/α-hetero) is 1. The quantitative estimate of drug-likeness (QED) is 0.163. The third kappa shape index (κ3) is 6.29. The number of thioether (sulfide) groups is 2. The van der Waals surface area contributed by atoms with Gasteiger partial charge >= 0.3 is 0 Å². The zero-order valence-corrected chi connectivity index (χ0v) is 25.1. The van der Waals surface area contributed by atoms with E-state index in [9.17, 15) is 9.59 Å². The van der Waals surface area contributed by atoms with Crippen LogP contribution in [0.5, 0.6) is 5.75 Å². The van der Waals surface area contributed by atoms with Crippen LogP contribution in [0.4, 0.5) is 17.1 Å². The highest BCUT2D eigenvalue weighted by Gasteiger charge is 2.39. The molecule has 3 aromatic rings. The van der Waals surface area contributed by atoms with Crippen molar-refractivity contribution in [3.05, 3.63) is 87.8 Å². The van der Waals surface area contributed by atoms with E-state index in [0.29, 0.717) is 47.6 Å². The molecular formula is C31H32N4O4S2. The van der Waals surface area contributed by atoms with Gasteiger partial charge in [0.2, 0.25) is 0 Å². The smallest absolute Gasteiger partial charge is 0.269 e. The topological polar surface area (TPSA) is 83.5 Å². The van der Waals surface area contributed by atoms with Crippen LogP contribution in [0.25, 0.3) is 0 Å². The van der Waals surface area contributed by atoms with E-state index in [2.05, 4.69) is 5.32 Å². The Morgan fingerprint density at radius 1 is 1.02 bits per heavy atom. The molecule has 0 aliphatic carbocycles. The maximum Gasteiger partial charge on any atom is 0.269 e. The normalized spacial score (nSPS) is 17.4. The number of aliphatic imine (C=N–C) groups is 1. The summed E-state index contributed by atoms with van der Waals surface area (Å²) in [4.78, 5) is 36.6. The van der Waals surface area contributed by atoms with Gasteiger partial charge in [0.15, 0.2) is 11.0 Å². The molecule has 0 radical (unpaired) electrons. The summed E-state index contributed by atoms with van der Waals surface area (Å²) in [5.41, 5.74) is 3.97. The fourth-order valence-corrected chi connectivity index (χ4v) is 6.78. The molecule has 3 aromatic carbocycles. The van der Waals surface area contributed by atoms with Crippen LogP contribution < -0.4 is 15.0 Å². The summed E-state index contributed by atoms with van der Waals surface area (Å²) in [6.45, 7) is 5.59. The predicted octanol–water partition coefficient (Wildman–Crippen LogP) is 6.52. The van der Waals surface area contributed by atoms with E-state index in [0.717, 1.165) is 32.6 Å². The van der Waals surface area contributed by atoms with Gasteiger partial charge in [0.1, 0.15) is 17.3 Å². The van der Waals surface area contributed by atoms with E-state index in [-0.39, 0.29) is 11.7 Å². The summed E-state index contributed by atoms with van der Waals surface area (Å²) < 4.78 is 10.9. The second kappa shape index (κ2) is 12.8. The molecule has 212 valence electrons. The summed E-state index contributed by atoms with van der Waals surface area (Å²) in [6, 6.07) is 21.3. The number of methoxy groups -OCH3 is 1. The number of nitrogens with zero attached hydrogens (tertiary/aromatic N) is 3. The first-order valence-electron chi connectivity index (χ1n) is 13.3. The minimum absolute atomic E-state index is 0.0408. The Hall–Kier alpha value is -3.73. The van der Waals surface area contributed by atoms with E-state index < -0.39 is 0 Å². The predicted molar refractivity (Wildman–Crippen MR) is 167 cm³/mol. The zero-order valence-electron chi connectivity index (χ0n) is 23.5. The number of carbonyl (C=O) groups is 2. The number of carbonyl (C=O) groups excluding carboxylic acids is 2. The van der Waals surface area contributed by atoms with Crippen LogP contribution in [0.3, 0.4) is 0 Å². The van der Waals surface area contributed by atoms with Crippen LogP contribution in [-0.4, -0.2) is 55.7 Å². The van der Waals surface area contributed by atoms with Crippen molar-refractivity contribution in [2.24, 2.45) is 4.99 Å². The van der Waals surface area contributed by atoms with Crippen LogP contribution in [0, 0.1) is 0 Å². The minimum Gasteiger partial charge on any atom is -0.491 e. The Labute approximate surface area is 248 Å². The van der Waals surface area contributed by atoms with Gasteiger partial charge in [-0.1, -0.05) is 42.1 Å². The van der Waals surface area contributed by atoms with E-state index in [1.807, 2.05) is 73.5 Å². The van der Waals surface area contributed by atoms with Gasteiger partial charge in [0, 0.05) is 37.2 Å². The van der Waals surface area contributed by atoms with Gasteiger partial charge in [0.25, 0.3) is 5.91 Å². The van der Waals surface area contributed by atoms with Crippen LogP contribution in [0.2, 0.25) is 0 Å². The molecule has 0 spiro atoms. The number of rotatable bonds is 10. The highest BCUT2D eigenvalue weighted by Crippen LogP contribution is 2.51. The molecule has 0 atom stereocenters. The van der Waals surface area contributed by atoms with Gasteiger partial charge < -0.3 is 19.7 Å². The number of nitrogens with one attached hydrogen (secondary N) is 1. The highest BCUT2D eigenvalue weighted by atomic mass is 32.2. The summed E-state index contributed by atoms with van der Waals surface area (Å²) >= 11 is 2.92. The summed E-state index contributed by atoms with van der Waals surface area (Å²) in [5, 5.41) is 4.73. The first kappa shape index (κ1) is 28.8. The number of anilines is 2. The monoisotopic (exact) mass is 588 g/mol. The second-order valence-corrected chi connectivity index (χ2v) is 11.5. The molecule has 2 aliphatic rings. The van der Waals surface area contributed by atoms with Crippen molar-refractivity contribution in [3.63, 3.8) is 0 Å². The molecule has 41 heavy (non-hydrogen) atoms. The Kier molecular flexibility index (Phi) is 9.02. The molecule has 8 nitrogen and oxygen atoms in total. The molecule has 0 saturated carbocycles. The van der Waals surface area contributed by atoms with Crippen molar-refractivity contribution >= 4 is 57.4 Å². The Morgan fingerprint density at radius 2 is 1.83 bits per heavy atom. The van der Waals surface area contributed by atoms with Crippen molar-refractivity contribution in [1.29, 1.82) is 0 Å². The Bertz CT molecular complexity index is 1520. The molecule has 0 aromatic heterocycles. The van der Waals surface area contributed by atoms with Crippen LogP contribution in [0.1, 0.15) is 29.8 Å². The zero-order chi connectivity index (χ0) is 28.9.